The second kappa shape index (κ2) is 8.06. The molecule has 1 aliphatic rings. The molecule has 0 unspecified atom stereocenters. The normalized spacial score (nSPS) is 14.6. The summed E-state index contributed by atoms with van der Waals surface area (Å²) in [5, 5.41) is 12.0. The molecule has 4 aromatic rings. The van der Waals surface area contributed by atoms with E-state index in [9.17, 15) is 5.11 Å². The minimum atomic E-state index is -0.555. The number of hydrogen-bond acceptors (Lipinski definition) is 6. The Morgan fingerprint density at radius 2 is 1.91 bits per heavy atom. The number of pyridine rings is 1. The molecule has 1 saturated heterocycles. The van der Waals surface area contributed by atoms with Gasteiger partial charge in [0.2, 0.25) is 0 Å². The molecular formula is C25H21FN4O2. The molecule has 1 N–H and O–H groups in total. The molecule has 0 saturated carbocycles. The van der Waals surface area contributed by atoms with Crippen molar-refractivity contribution in [2.75, 3.05) is 25.1 Å². The van der Waals surface area contributed by atoms with Crippen molar-refractivity contribution in [2.24, 2.45) is 0 Å². The maximum absolute atomic E-state index is 15.9. The number of aliphatic hydroxyl groups excluding tert-OH is 1. The van der Waals surface area contributed by atoms with Crippen LogP contribution in [-0.4, -0.2) is 46.4 Å². The van der Waals surface area contributed by atoms with Gasteiger partial charge in [0.05, 0.1) is 18.6 Å². The zero-order chi connectivity index (χ0) is 22.2. The fourth-order valence-electron chi connectivity index (χ4n) is 4.28. The number of ether oxygens (including phenoxy) is 1. The standard InChI is InChI=1S/C25H21FN4O2/c1-3-15-6-4-7-16-8-5-9-18(20(15)16)22-21(26)23-19(14-27-22)24(29-25(28-23)32-2)30-12-10-17(31)11-13-30/h1,4-9,14,17,31H,10-13H2,2H3. The van der Waals surface area contributed by atoms with Crippen LogP contribution < -0.4 is 9.64 Å². The molecule has 3 heterocycles. The highest BCUT2D eigenvalue weighted by molar-refractivity contribution is 6.01. The molecule has 160 valence electrons. The molecule has 6 nitrogen and oxygen atoms in total. The number of benzene rings is 2. The largest absolute Gasteiger partial charge is 0.467 e. The Morgan fingerprint density at radius 3 is 2.62 bits per heavy atom. The highest BCUT2D eigenvalue weighted by atomic mass is 19.1. The van der Waals surface area contributed by atoms with Crippen LogP contribution in [0, 0.1) is 18.2 Å². The number of methoxy groups -OCH3 is 1. The number of aliphatic hydroxyl groups is 1. The second-order valence-electron chi connectivity index (χ2n) is 7.79. The van der Waals surface area contributed by atoms with E-state index in [-0.39, 0.29) is 23.3 Å². The molecule has 2 aromatic carbocycles. The van der Waals surface area contributed by atoms with Crippen LogP contribution in [0.3, 0.4) is 0 Å². The predicted molar refractivity (Wildman–Crippen MR) is 122 cm³/mol. The van der Waals surface area contributed by atoms with Gasteiger partial charge in [-0.05, 0) is 24.3 Å². The number of halogens is 1. The number of anilines is 1. The average molecular weight is 428 g/mol. The molecule has 0 spiro atoms. The molecule has 0 bridgehead atoms. The van der Waals surface area contributed by atoms with E-state index in [0.29, 0.717) is 48.3 Å². The quantitative estimate of drug-likeness (QED) is 0.499. The highest BCUT2D eigenvalue weighted by Gasteiger charge is 2.24. The van der Waals surface area contributed by atoms with Crippen molar-refractivity contribution in [1.82, 2.24) is 15.0 Å². The van der Waals surface area contributed by atoms with Crippen LogP contribution in [0.2, 0.25) is 0 Å². The summed E-state index contributed by atoms with van der Waals surface area (Å²) in [6.45, 7) is 1.21. The molecule has 2 aromatic heterocycles. The van der Waals surface area contributed by atoms with Crippen LogP contribution in [0.5, 0.6) is 6.01 Å². The third kappa shape index (κ3) is 3.29. The maximum atomic E-state index is 15.9. The van der Waals surface area contributed by atoms with Crippen molar-refractivity contribution in [3.05, 3.63) is 54.0 Å². The first-order valence-electron chi connectivity index (χ1n) is 10.4. The topological polar surface area (TPSA) is 71.4 Å². The van der Waals surface area contributed by atoms with Gasteiger partial charge in [0, 0.05) is 35.8 Å². The van der Waals surface area contributed by atoms with Crippen LogP contribution >= 0.6 is 0 Å². The van der Waals surface area contributed by atoms with Gasteiger partial charge < -0.3 is 14.7 Å². The predicted octanol–water partition coefficient (Wildman–Crippen LogP) is 3.94. The van der Waals surface area contributed by atoms with Gasteiger partial charge in [-0.3, -0.25) is 4.98 Å². The summed E-state index contributed by atoms with van der Waals surface area (Å²) in [7, 11) is 1.45. The SMILES string of the molecule is C#Cc1cccc2cccc(-c3ncc4c(N5CCC(O)CC5)nc(OC)nc4c3F)c12. The van der Waals surface area contributed by atoms with Crippen LogP contribution in [0.4, 0.5) is 10.2 Å². The average Bonchev–Trinajstić information content (AvgIpc) is 2.83. The van der Waals surface area contributed by atoms with Crippen LogP contribution in [0.15, 0.2) is 42.6 Å². The minimum Gasteiger partial charge on any atom is -0.467 e. The lowest BCUT2D eigenvalue weighted by Crippen LogP contribution is -2.36. The van der Waals surface area contributed by atoms with Gasteiger partial charge in [0.15, 0.2) is 5.82 Å². The number of nitrogens with zero attached hydrogens (tertiary/aromatic N) is 4. The van der Waals surface area contributed by atoms with Gasteiger partial charge in [-0.2, -0.15) is 9.97 Å². The summed E-state index contributed by atoms with van der Waals surface area (Å²) in [6, 6.07) is 11.3. The monoisotopic (exact) mass is 428 g/mol. The first-order chi connectivity index (χ1) is 15.6. The Bertz CT molecular complexity index is 1370. The number of fused-ring (bicyclic) bond motifs is 2. The fraction of sp³-hybridized carbons (Fsp3) is 0.240. The van der Waals surface area contributed by atoms with Crippen molar-refractivity contribution in [2.45, 2.75) is 18.9 Å². The van der Waals surface area contributed by atoms with Gasteiger partial charge in [-0.15, -0.1) is 6.42 Å². The van der Waals surface area contributed by atoms with E-state index >= 15 is 4.39 Å². The number of piperidine rings is 1. The van der Waals surface area contributed by atoms with E-state index in [2.05, 4.69) is 20.9 Å². The molecule has 0 amide bonds. The van der Waals surface area contributed by atoms with Gasteiger partial charge in [-0.1, -0.05) is 36.3 Å². The van der Waals surface area contributed by atoms with Crippen LogP contribution in [-0.2, 0) is 0 Å². The van der Waals surface area contributed by atoms with Crippen LogP contribution in [0.1, 0.15) is 18.4 Å². The van der Waals surface area contributed by atoms with Gasteiger partial charge in [0.25, 0.3) is 0 Å². The lowest BCUT2D eigenvalue weighted by atomic mass is 9.96. The van der Waals surface area contributed by atoms with Gasteiger partial charge >= 0.3 is 6.01 Å². The number of terminal acetylenes is 1. The highest BCUT2D eigenvalue weighted by Crippen LogP contribution is 2.36. The van der Waals surface area contributed by atoms with Crippen LogP contribution in [0.25, 0.3) is 32.9 Å². The van der Waals surface area contributed by atoms with Gasteiger partial charge in [-0.25, -0.2) is 4.39 Å². The first-order valence-corrected chi connectivity index (χ1v) is 10.4. The van der Waals surface area contributed by atoms with Crippen molar-refractivity contribution in [3.8, 4) is 29.6 Å². The summed E-state index contributed by atoms with van der Waals surface area (Å²) in [6.07, 6.45) is 8.22. The third-order valence-corrected chi connectivity index (χ3v) is 5.91. The molecule has 1 fully saturated rings. The Balaban J connectivity index is 1.74. The molecule has 0 aliphatic carbocycles. The Labute approximate surface area is 184 Å². The zero-order valence-electron chi connectivity index (χ0n) is 17.5. The van der Waals surface area contributed by atoms with E-state index < -0.39 is 5.82 Å². The van der Waals surface area contributed by atoms with E-state index in [0.717, 1.165) is 10.8 Å². The molecule has 0 atom stereocenters. The zero-order valence-corrected chi connectivity index (χ0v) is 17.5. The summed E-state index contributed by atoms with van der Waals surface area (Å²) >= 11 is 0. The summed E-state index contributed by atoms with van der Waals surface area (Å²) < 4.78 is 21.2. The first kappa shape index (κ1) is 20.2. The Kier molecular flexibility index (Phi) is 5.08. The molecule has 32 heavy (non-hydrogen) atoms. The minimum absolute atomic E-state index is 0.0805. The van der Waals surface area contributed by atoms with Crippen molar-refractivity contribution < 1.29 is 14.2 Å². The lowest BCUT2D eigenvalue weighted by molar-refractivity contribution is 0.145. The molecular weight excluding hydrogens is 407 g/mol. The smallest absolute Gasteiger partial charge is 0.318 e. The molecule has 5 rings (SSSR count). The maximum Gasteiger partial charge on any atom is 0.318 e. The van der Waals surface area contributed by atoms with E-state index in [1.807, 2.05) is 41.3 Å². The second-order valence-corrected chi connectivity index (χ2v) is 7.79. The van der Waals surface area contributed by atoms with Crippen molar-refractivity contribution in [1.29, 1.82) is 0 Å². The van der Waals surface area contributed by atoms with Crippen molar-refractivity contribution >= 4 is 27.5 Å². The molecule has 1 aliphatic heterocycles. The fourth-order valence-corrected chi connectivity index (χ4v) is 4.28. The van der Waals surface area contributed by atoms with E-state index in [1.54, 1.807) is 6.20 Å². The van der Waals surface area contributed by atoms with Crippen molar-refractivity contribution in [3.63, 3.8) is 0 Å². The number of aromatic nitrogens is 3. The Hall–Kier alpha value is -3.76. The lowest BCUT2D eigenvalue weighted by Gasteiger charge is -2.31. The third-order valence-electron chi connectivity index (χ3n) is 5.91. The molecule has 7 heteroatoms. The number of hydrogen-bond donors (Lipinski definition) is 1. The summed E-state index contributed by atoms with van der Waals surface area (Å²) in [5.74, 6) is 2.69. The van der Waals surface area contributed by atoms with E-state index in [4.69, 9.17) is 11.2 Å². The van der Waals surface area contributed by atoms with Gasteiger partial charge in [0.1, 0.15) is 17.0 Å². The Morgan fingerprint density at radius 1 is 1.16 bits per heavy atom. The van der Waals surface area contributed by atoms with E-state index in [1.165, 1.54) is 7.11 Å². The molecule has 0 radical (unpaired) electrons. The number of rotatable bonds is 3. The summed E-state index contributed by atoms with van der Waals surface area (Å²) in [4.78, 5) is 15.3. The summed E-state index contributed by atoms with van der Waals surface area (Å²) in [5.41, 5.74) is 1.59.